The minimum absolute atomic E-state index is 0.387. The van der Waals surface area contributed by atoms with Crippen LogP contribution in [0.25, 0.3) is 0 Å². The van der Waals surface area contributed by atoms with Crippen LogP contribution < -0.4 is 0 Å². The highest BCUT2D eigenvalue weighted by atomic mass is 16.4. The second-order valence-corrected chi connectivity index (χ2v) is 4.02. The van der Waals surface area contributed by atoms with Gasteiger partial charge in [-0.2, -0.15) is 0 Å². The molecule has 2 nitrogen and oxygen atoms in total. The summed E-state index contributed by atoms with van der Waals surface area (Å²) in [7, 11) is 0. The minimum atomic E-state index is 0.387. The molecule has 0 atom stereocenters. The Balaban J connectivity index is 3.04. The first-order valence-electron chi connectivity index (χ1n) is 5.05. The Kier molecular flexibility index (Phi) is 3.12. The lowest BCUT2D eigenvalue weighted by Crippen LogP contribution is -1.93. The van der Waals surface area contributed by atoms with E-state index in [0.29, 0.717) is 11.8 Å². The lowest BCUT2D eigenvalue weighted by atomic mass is 10.1. The third-order valence-corrected chi connectivity index (χ3v) is 2.11. The van der Waals surface area contributed by atoms with Gasteiger partial charge in [-0.3, -0.25) is 0 Å². The molecule has 1 aromatic rings. The first-order chi connectivity index (χ1) is 6.06. The van der Waals surface area contributed by atoms with E-state index in [0.717, 1.165) is 23.8 Å². The maximum Gasteiger partial charge on any atom is 0.197 e. The fraction of sp³-hybridized carbons (Fsp3) is 0.727. The van der Waals surface area contributed by atoms with E-state index in [2.05, 4.69) is 39.6 Å². The molecule has 74 valence electrons. The Hall–Kier alpha value is -0.790. The van der Waals surface area contributed by atoms with Crippen molar-refractivity contribution in [1.82, 2.24) is 4.98 Å². The Morgan fingerprint density at radius 3 is 2.08 bits per heavy atom. The van der Waals surface area contributed by atoms with Gasteiger partial charge in [-0.1, -0.05) is 34.6 Å². The quantitative estimate of drug-likeness (QED) is 0.713. The van der Waals surface area contributed by atoms with E-state index in [1.54, 1.807) is 0 Å². The van der Waals surface area contributed by atoms with Gasteiger partial charge in [-0.25, -0.2) is 4.98 Å². The summed E-state index contributed by atoms with van der Waals surface area (Å²) in [5.74, 6) is 2.78. The highest BCUT2D eigenvalue weighted by Crippen LogP contribution is 2.24. The summed E-state index contributed by atoms with van der Waals surface area (Å²) in [6.07, 6.45) is 0.938. The van der Waals surface area contributed by atoms with Crippen molar-refractivity contribution in [3.63, 3.8) is 0 Å². The Morgan fingerprint density at radius 1 is 1.15 bits per heavy atom. The maximum absolute atomic E-state index is 5.68. The van der Waals surface area contributed by atoms with Crippen LogP contribution in [-0.2, 0) is 6.42 Å². The average Bonchev–Trinajstić information content (AvgIpc) is 2.47. The lowest BCUT2D eigenvalue weighted by Gasteiger charge is -1.99. The van der Waals surface area contributed by atoms with Crippen LogP contribution in [-0.4, -0.2) is 4.98 Å². The van der Waals surface area contributed by atoms with Crippen LogP contribution in [0.1, 0.15) is 63.8 Å². The van der Waals surface area contributed by atoms with Gasteiger partial charge >= 0.3 is 0 Å². The normalized spacial score (nSPS) is 11.6. The summed E-state index contributed by atoms with van der Waals surface area (Å²) in [5, 5.41) is 0. The molecule has 0 aromatic carbocycles. The van der Waals surface area contributed by atoms with Gasteiger partial charge in [0, 0.05) is 12.3 Å². The largest absolute Gasteiger partial charge is 0.445 e. The molecule has 0 spiro atoms. The van der Waals surface area contributed by atoms with Gasteiger partial charge in [0.25, 0.3) is 0 Å². The zero-order valence-corrected chi connectivity index (χ0v) is 9.22. The average molecular weight is 181 g/mol. The molecule has 0 fully saturated rings. The van der Waals surface area contributed by atoms with E-state index in [4.69, 9.17) is 4.42 Å². The molecule has 0 aliphatic heterocycles. The molecule has 1 rings (SSSR count). The van der Waals surface area contributed by atoms with Crippen molar-refractivity contribution < 1.29 is 4.42 Å². The third kappa shape index (κ3) is 2.11. The Morgan fingerprint density at radius 2 is 1.77 bits per heavy atom. The minimum Gasteiger partial charge on any atom is -0.445 e. The van der Waals surface area contributed by atoms with E-state index in [9.17, 15) is 0 Å². The fourth-order valence-corrected chi connectivity index (χ4v) is 1.33. The van der Waals surface area contributed by atoms with Crippen molar-refractivity contribution in [2.75, 3.05) is 0 Å². The first kappa shape index (κ1) is 10.3. The summed E-state index contributed by atoms with van der Waals surface area (Å²) in [6.45, 7) is 10.6. The smallest absolute Gasteiger partial charge is 0.197 e. The monoisotopic (exact) mass is 181 g/mol. The summed E-state index contributed by atoms with van der Waals surface area (Å²) < 4.78 is 5.68. The number of hydrogen-bond donors (Lipinski definition) is 0. The van der Waals surface area contributed by atoms with Crippen molar-refractivity contribution in [2.45, 2.75) is 52.9 Å². The molecule has 0 aliphatic rings. The van der Waals surface area contributed by atoms with Crippen molar-refractivity contribution in [1.29, 1.82) is 0 Å². The van der Waals surface area contributed by atoms with E-state index in [-0.39, 0.29) is 0 Å². The highest BCUT2D eigenvalue weighted by molar-refractivity contribution is 5.14. The number of oxazole rings is 1. The summed E-state index contributed by atoms with van der Waals surface area (Å²) in [4.78, 5) is 4.51. The molecule has 0 bridgehead atoms. The summed E-state index contributed by atoms with van der Waals surface area (Å²) in [6, 6.07) is 0. The van der Waals surface area contributed by atoms with Crippen molar-refractivity contribution in [3.8, 4) is 0 Å². The van der Waals surface area contributed by atoms with Gasteiger partial charge in [0.2, 0.25) is 0 Å². The molecule has 0 amide bonds. The van der Waals surface area contributed by atoms with Gasteiger partial charge in [-0.15, -0.1) is 0 Å². The lowest BCUT2D eigenvalue weighted by molar-refractivity contribution is 0.438. The molecule has 1 heterocycles. The number of rotatable bonds is 3. The Labute approximate surface area is 80.4 Å². The van der Waals surface area contributed by atoms with Gasteiger partial charge in [0.1, 0.15) is 5.76 Å². The Bertz CT molecular complexity index is 274. The van der Waals surface area contributed by atoms with E-state index < -0.39 is 0 Å². The molecule has 0 radical (unpaired) electrons. The van der Waals surface area contributed by atoms with Crippen LogP contribution in [0.4, 0.5) is 0 Å². The predicted molar refractivity (Wildman–Crippen MR) is 54.1 cm³/mol. The van der Waals surface area contributed by atoms with Crippen molar-refractivity contribution in [2.24, 2.45) is 0 Å². The van der Waals surface area contributed by atoms with Crippen LogP contribution in [0.2, 0.25) is 0 Å². The van der Waals surface area contributed by atoms with Crippen LogP contribution in [0.15, 0.2) is 4.42 Å². The number of aromatic nitrogens is 1. The SMILES string of the molecule is CCc1oc(C(C)C)nc1C(C)C. The number of aryl methyl sites for hydroxylation is 1. The fourth-order valence-electron chi connectivity index (χ4n) is 1.33. The molecular formula is C11H19NO. The van der Waals surface area contributed by atoms with Gasteiger partial charge < -0.3 is 4.42 Å². The van der Waals surface area contributed by atoms with Gasteiger partial charge in [-0.05, 0) is 5.92 Å². The standard InChI is InChI=1S/C11H19NO/c1-6-9-10(7(2)3)12-11(13-9)8(4)5/h7-8H,6H2,1-5H3. The predicted octanol–water partition coefficient (Wildman–Crippen LogP) is 3.48. The molecular weight excluding hydrogens is 162 g/mol. The van der Waals surface area contributed by atoms with Crippen LogP contribution >= 0.6 is 0 Å². The summed E-state index contributed by atoms with van der Waals surface area (Å²) in [5.41, 5.74) is 1.13. The van der Waals surface area contributed by atoms with Crippen LogP contribution in [0.5, 0.6) is 0 Å². The van der Waals surface area contributed by atoms with Gasteiger partial charge in [0.15, 0.2) is 5.89 Å². The molecule has 0 saturated heterocycles. The number of hydrogen-bond acceptors (Lipinski definition) is 2. The van der Waals surface area contributed by atoms with Crippen LogP contribution in [0, 0.1) is 0 Å². The molecule has 0 aliphatic carbocycles. The molecule has 0 unspecified atom stereocenters. The first-order valence-corrected chi connectivity index (χ1v) is 5.05. The second kappa shape index (κ2) is 3.95. The molecule has 2 heteroatoms. The number of nitrogens with zero attached hydrogens (tertiary/aromatic N) is 1. The molecule has 1 aromatic heterocycles. The zero-order valence-electron chi connectivity index (χ0n) is 9.22. The van der Waals surface area contributed by atoms with E-state index in [1.807, 2.05) is 0 Å². The van der Waals surface area contributed by atoms with E-state index in [1.165, 1.54) is 0 Å². The van der Waals surface area contributed by atoms with Crippen molar-refractivity contribution >= 4 is 0 Å². The highest BCUT2D eigenvalue weighted by Gasteiger charge is 2.15. The summed E-state index contributed by atoms with van der Waals surface area (Å²) >= 11 is 0. The third-order valence-electron chi connectivity index (χ3n) is 2.11. The van der Waals surface area contributed by atoms with Crippen LogP contribution in [0.3, 0.4) is 0 Å². The van der Waals surface area contributed by atoms with Crippen molar-refractivity contribution in [3.05, 3.63) is 17.3 Å². The molecule has 0 saturated carbocycles. The topological polar surface area (TPSA) is 26.0 Å². The molecule has 13 heavy (non-hydrogen) atoms. The zero-order chi connectivity index (χ0) is 10.0. The molecule has 0 N–H and O–H groups in total. The van der Waals surface area contributed by atoms with Gasteiger partial charge in [0.05, 0.1) is 5.69 Å². The van der Waals surface area contributed by atoms with E-state index >= 15 is 0 Å². The maximum atomic E-state index is 5.68. The second-order valence-electron chi connectivity index (χ2n) is 4.02.